The molecule has 1 unspecified atom stereocenters. The second kappa shape index (κ2) is 8.70. The topological polar surface area (TPSA) is 48.0 Å². The Morgan fingerprint density at radius 1 is 0.897 bits per heavy atom. The molecule has 0 amide bonds. The van der Waals surface area contributed by atoms with E-state index < -0.39 is 11.6 Å². The van der Waals surface area contributed by atoms with Gasteiger partial charge in [0.15, 0.2) is 5.60 Å². The molecule has 0 saturated heterocycles. The lowest BCUT2D eigenvalue weighted by atomic mass is 9.77. The molecule has 4 aromatic carbocycles. The Balaban J connectivity index is 1.52. The SMILES string of the molecule is COc1cc2c(cc1C)C1(OC(=O)c3c(Cl)c(Cl)c(Cl)c(Cl)c31)c1ccc(N3CCc4ccccc43)cc1O2. The molecule has 3 aliphatic heterocycles. The molecule has 5 nitrogen and oxygen atoms in total. The molecule has 0 aliphatic carbocycles. The third kappa shape index (κ3) is 3.31. The first-order chi connectivity index (χ1) is 18.8. The Labute approximate surface area is 244 Å². The molecule has 3 aliphatic rings. The number of methoxy groups -OCH3 is 1. The zero-order valence-electron chi connectivity index (χ0n) is 20.7. The molecule has 0 fully saturated rings. The van der Waals surface area contributed by atoms with Crippen molar-refractivity contribution in [3.05, 3.63) is 108 Å². The van der Waals surface area contributed by atoms with Gasteiger partial charge in [0.2, 0.25) is 0 Å². The molecule has 0 N–H and O–H groups in total. The molecular formula is C30H19Cl4NO4. The summed E-state index contributed by atoms with van der Waals surface area (Å²) in [6, 6.07) is 17.8. The van der Waals surface area contributed by atoms with Crippen LogP contribution in [0.15, 0.2) is 54.6 Å². The Hall–Kier alpha value is -3.09. The van der Waals surface area contributed by atoms with Gasteiger partial charge in [0, 0.05) is 46.7 Å². The van der Waals surface area contributed by atoms with E-state index in [4.69, 9.17) is 60.6 Å². The van der Waals surface area contributed by atoms with E-state index in [1.165, 1.54) is 5.56 Å². The number of fused-ring (bicyclic) bond motifs is 7. The number of carbonyl (C=O) groups is 1. The molecule has 0 bridgehead atoms. The number of para-hydroxylation sites is 1. The fourth-order valence-electron chi connectivity index (χ4n) is 5.95. The molecule has 1 atom stereocenters. The molecule has 0 saturated carbocycles. The number of benzene rings is 4. The van der Waals surface area contributed by atoms with Crippen LogP contribution in [0.5, 0.6) is 17.2 Å². The highest BCUT2D eigenvalue weighted by Gasteiger charge is 2.56. The lowest BCUT2D eigenvalue weighted by Crippen LogP contribution is -2.33. The Morgan fingerprint density at radius 3 is 2.44 bits per heavy atom. The van der Waals surface area contributed by atoms with Crippen LogP contribution in [0.2, 0.25) is 20.1 Å². The minimum Gasteiger partial charge on any atom is -0.496 e. The first kappa shape index (κ1) is 24.9. The van der Waals surface area contributed by atoms with Crippen LogP contribution in [0, 0.1) is 6.92 Å². The van der Waals surface area contributed by atoms with Gasteiger partial charge in [-0.2, -0.15) is 0 Å². The zero-order chi connectivity index (χ0) is 27.2. The van der Waals surface area contributed by atoms with E-state index >= 15 is 0 Å². The molecule has 0 aromatic heterocycles. The maximum Gasteiger partial charge on any atom is 0.341 e. The van der Waals surface area contributed by atoms with Crippen LogP contribution in [-0.2, 0) is 16.8 Å². The van der Waals surface area contributed by atoms with Crippen LogP contribution in [0.25, 0.3) is 0 Å². The molecule has 4 aromatic rings. The summed E-state index contributed by atoms with van der Waals surface area (Å²) in [7, 11) is 1.59. The van der Waals surface area contributed by atoms with Gasteiger partial charge >= 0.3 is 5.97 Å². The van der Waals surface area contributed by atoms with Crippen LogP contribution in [-0.4, -0.2) is 19.6 Å². The summed E-state index contributed by atoms with van der Waals surface area (Å²) < 4.78 is 18.3. The summed E-state index contributed by atoms with van der Waals surface area (Å²) in [4.78, 5) is 15.7. The van der Waals surface area contributed by atoms with Crippen molar-refractivity contribution in [1.29, 1.82) is 0 Å². The number of ether oxygens (including phenoxy) is 3. The van der Waals surface area contributed by atoms with Crippen molar-refractivity contribution in [1.82, 2.24) is 0 Å². The minimum absolute atomic E-state index is 0.00227. The fourth-order valence-corrected chi connectivity index (χ4v) is 7.01. The van der Waals surface area contributed by atoms with Gasteiger partial charge < -0.3 is 19.1 Å². The molecule has 1 spiro atoms. The van der Waals surface area contributed by atoms with E-state index in [9.17, 15) is 4.79 Å². The smallest absolute Gasteiger partial charge is 0.341 e. The predicted molar refractivity (Wildman–Crippen MR) is 153 cm³/mol. The molecule has 3 heterocycles. The third-order valence-electron chi connectivity index (χ3n) is 7.71. The van der Waals surface area contributed by atoms with E-state index in [1.807, 2.05) is 43.3 Å². The summed E-state index contributed by atoms with van der Waals surface area (Å²) in [5.41, 5.74) is 4.32. The number of rotatable bonds is 2. The standard InChI is InChI=1S/C30H19Cl4NO4/c1-14-11-18-22(13-20(14)37-2)38-21-12-16(35-10-9-15-5-3-4-6-19(15)35)7-8-17(21)30(18)24-23(29(36)39-30)25(31)27(33)28(34)26(24)32/h3-8,11-13H,9-10H2,1-2H3. The average Bonchev–Trinajstić information content (AvgIpc) is 3.50. The van der Waals surface area contributed by atoms with E-state index in [2.05, 4.69) is 17.0 Å². The number of hydrogen-bond donors (Lipinski definition) is 0. The first-order valence-electron chi connectivity index (χ1n) is 12.2. The highest BCUT2D eigenvalue weighted by atomic mass is 35.5. The molecule has 39 heavy (non-hydrogen) atoms. The van der Waals surface area contributed by atoms with Gasteiger partial charge in [-0.1, -0.05) is 64.6 Å². The maximum absolute atomic E-state index is 13.5. The number of anilines is 2. The van der Waals surface area contributed by atoms with Crippen molar-refractivity contribution in [2.24, 2.45) is 0 Å². The van der Waals surface area contributed by atoms with Crippen molar-refractivity contribution < 1.29 is 19.0 Å². The molecule has 196 valence electrons. The van der Waals surface area contributed by atoms with Gasteiger partial charge in [-0.25, -0.2) is 4.79 Å². The van der Waals surface area contributed by atoms with Gasteiger partial charge in [-0.05, 0) is 48.7 Å². The molecule has 0 radical (unpaired) electrons. The largest absolute Gasteiger partial charge is 0.496 e. The maximum atomic E-state index is 13.5. The van der Waals surface area contributed by atoms with Gasteiger partial charge in [-0.15, -0.1) is 0 Å². The van der Waals surface area contributed by atoms with E-state index in [0.29, 0.717) is 33.9 Å². The van der Waals surface area contributed by atoms with Gasteiger partial charge in [0.05, 0.1) is 32.8 Å². The van der Waals surface area contributed by atoms with Crippen LogP contribution >= 0.6 is 46.4 Å². The van der Waals surface area contributed by atoms with Crippen molar-refractivity contribution in [2.75, 3.05) is 18.6 Å². The van der Waals surface area contributed by atoms with Crippen LogP contribution in [0.1, 0.15) is 38.2 Å². The Bertz CT molecular complexity index is 1750. The second-order valence-corrected chi connectivity index (χ2v) is 11.2. The molecule has 7 rings (SSSR count). The van der Waals surface area contributed by atoms with Crippen LogP contribution in [0.4, 0.5) is 11.4 Å². The minimum atomic E-state index is -1.47. The highest BCUT2D eigenvalue weighted by molar-refractivity contribution is 6.53. The Morgan fingerprint density at radius 2 is 1.64 bits per heavy atom. The lowest BCUT2D eigenvalue weighted by molar-refractivity contribution is 0.0224. The average molecular weight is 599 g/mol. The second-order valence-electron chi connectivity index (χ2n) is 9.71. The van der Waals surface area contributed by atoms with E-state index in [0.717, 1.165) is 29.9 Å². The number of esters is 1. The monoisotopic (exact) mass is 597 g/mol. The van der Waals surface area contributed by atoms with Crippen molar-refractivity contribution in [3.8, 4) is 17.2 Å². The van der Waals surface area contributed by atoms with Gasteiger partial charge in [0.1, 0.15) is 17.2 Å². The van der Waals surface area contributed by atoms with Crippen molar-refractivity contribution >= 4 is 63.7 Å². The fraction of sp³-hybridized carbons (Fsp3) is 0.167. The number of halogens is 4. The summed E-state index contributed by atoms with van der Waals surface area (Å²) in [6.07, 6.45) is 0.940. The number of hydrogen-bond acceptors (Lipinski definition) is 5. The number of nitrogens with zero attached hydrogens (tertiary/aromatic N) is 1. The van der Waals surface area contributed by atoms with Crippen molar-refractivity contribution in [3.63, 3.8) is 0 Å². The third-order valence-corrected chi connectivity index (χ3v) is 9.51. The zero-order valence-corrected chi connectivity index (χ0v) is 23.7. The quantitative estimate of drug-likeness (QED) is 0.131. The summed E-state index contributed by atoms with van der Waals surface area (Å²) in [5.74, 6) is 0.942. The summed E-state index contributed by atoms with van der Waals surface area (Å²) in [5, 5.41) is 0.132. The van der Waals surface area contributed by atoms with Gasteiger partial charge in [0.25, 0.3) is 0 Å². The predicted octanol–water partition coefficient (Wildman–Crippen LogP) is 8.88. The summed E-state index contributed by atoms with van der Waals surface area (Å²) in [6.45, 7) is 2.73. The van der Waals surface area contributed by atoms with Crippen LogP contribution < -0.4 is 14.4 Å². The van der Waals surface area contributed by atoms with Gasteiger partial charge in [-0.3, -0.25) is 0 Å². The number of aryl methyl sites for hydroxylation is 1. The van der Waals surface area contributed by atoms with E-state index in [-0.39, 0.29) is 25.7 Å². The molecular weight excluding hydrogens is 580 g/mol. The lowest BCUT2D eigenvalue weighted by Gasteiger charge is -2.38. The summed E-state index contributed by atoms with van der Waals surface area (Å²) >= 11 is 26.3. The van der Waals surface area contributed by atoms with Crippen LogP contribution in [0.3, 0.4) is 0 Å². The first-order valence-corrected chi connectivity index (χ1v) is 13.7. The highest BCUT2D eigenvalue weighted by Crippen LogP contribution is 2.61. The van der Waals surface area contributed by atoms with Crippen molar-refractivity contribution in [2.45, 2.75) is 18.9 Å². The molecule has 9 heteroatoms. The van der Waals surface area contributed by atoms with E-state index in [1.54, 1.807) is 13.2 Å². The Kier molecular flexibility index (Phi) is 5.56. The normalized spacial score (nSPS) is 18.3. The number of carbonyl (C=O) groups excluding carboxylic acids is 1.